The van der Waals surface area contributed by atoms with Gasteiger partial charge in [-0.2, -0.15) is 16.9 Å². The molecule has 2 atom stereocenters. The third-order valence-corrected chi connectivity index (χ3v) is 3.70. The molecule has 0 aromatic heterocycles. The summed E-state index contributed by atoms with van der Waals surface area (Å²) in [5, 5.41) is 4.38. The zero-order valence-corrected chi connectivity index (χ0v) is 8.36. The fourth-order valence-corrected chi connectivity index (χ4v) is 2.47. The predicted octanol–water partition coefficient (Wildman–Crippen LogP) is 1.72. The van der Waals surface area contributed by atoms with E-state index in [0.29, 0.717) is 0 Å². The summed E-state index contributed by atoms with van der Waals surface area (Å²) in [6, 6.07) is 0. The van der Waals surface area contributed by atoms with E-state index in [4.69, 9.17) is 0 Å². The molecule has 0 bridgehead atoms. The number of hydrogen-bond donors (Lipinski definition) is 1. The lowest BCUT2D eigenvalue weighted by Gasteiger charge is -1.99. The molecule has 0 amide bonds. The molecule has 12 heavy (non-hydrogen) atoms. The minimum atomic E-state index is 0.906. The van der Waals surface area contributed by atoms with Crippen LogP contribution in [0.5, 0.6) is 0 Å². The Hall–Kier alpha value is -0.180. The molecule has 0 aromatic carbocycles. The molecule has 3 heteroatoms. The second-order valence-electron chi connectivity index (χ2n) is 3.82. The van der Waals surface area contributed by atoms with Gasteiger partial charge in [0.25, 0.3) is 0 Å². The van der Waals surface area contributed by atoms with Crippen LogP contribution in [0.25, 0.3) is 0 Å². The van der Waals surface area contributed by atoms with Crippen molar-refractivity contribution in [3.8, 4) is 0 Å². The average Bonchev–Trinajstić information content (AvgIpc) is 2.58. The Morgan fingerprint density at radius 2 is 2.50 bits per heavy atom. The maximum Gasteiger partial charge on any atom is 0.0485 e. The van der Waals surface area contributed by atoms with Gasteiger partial charge in [-0.3, -0.25) is 0 Å². The number of thioether (sulfide) groups is 1. The molecule has 0 aromatic rings. The van der Waals surface area contributed by atoms with Crippen LogP contribution in [0.4, 0.5) is 0 Å². The molecule has 1 heterocycles. The Morgan fingerprint density at radius 1 is 1.67 bits per heavy atom. The fraction of sp³-hybridized carbons (Fsp3) is 0.889. The van der Waals surface area contributed by atoms with Gasteiger partial charge in [0.2, 0.25) is 0 Å². The second kappa shape index (κ2) is 3.69. The van der Waals surface area contributed by atoms with Crippen molar-refractivity contribution in [1.82, 2.24) is 5.43 Å². The van der Waals surface area contributed by atoms with Crippen molar-refractivity contribution in [2.24, 2.45) is 16.9 Å². The lowest BCUT2D eigenvalue weighted by Crippen LogP contribution is -2.13. The SMILES string of the molecule is CC1CC1CN/N=C1/CCSC1. The Labute approximate surface area is 78.2 Å². The molecule has 1 aliphatic carbocycles. The van der Waals surface area contributed by atoms with Crippen LogP contribution in [0, 0.1) is 11.8 Å². The molecule has 2 nitrogen and oxygen atoms in total. The van der Waals surface area contributed by atoms with E-state index < -0.39 is 0 Å². The minimum absolute atomic E-state index is 0.906. The Bertz CT molecular complexity index is 183. The summed E-state index contributed by atoms with van der Waals surface area (Å²) in [4.78, 5) is 0. The molecule has 1 saturated carbocycles. The van der Waals surface area contributed by atoms with Gasteiger partial charge in [-0.25, -0.2) is 0 Å². The van der Waals surface area contributed by atoms with Crippen molar-refractivity contribution in [3.63, 3.8) is 0 Å². The predicted molar refractivity (Wildman–Crippen MR) is 54.7 cm³/mol. The zero-order chi connectivity index (χ0) is 8.39. The smallest absolute Gasteiger partial charge is 0.0485 e. The Balaban J connectivity index is 1.64. The van der Waals surface area contributed by atoms with Gasteiger partial charge < -0.3 is 5.43 Å². The van der Waals surface area contributed by atoms with E-state index in [1.165, 1.54) is 24.3 Å². The van der Waals surface area contributed by atoms with Gasteiger partial charge >= 0.3 is 0 Å². The molecule has 2 aliphatic rings. The molecule has 1 N–H and O–H groups in total. The van der Waals surface area contributed by atoms with Crippen LogP contribution >= 0.6 is 11.8 Å². The fourth-order valence-electron chi connectivity index (χ4n) is 1.50. The quantitative estimate of drug-likeness (QED) is 0.675. The number of rotatable bonds is 3. The van der Waals surface area contributed by atoms with Crippen LogP contribution in [-0.2, 0) is 0 Å². The normalized spacial score (nSPS) is 37.2. The monoisotopic (exact) mass is 184 g/mol. The average molecular weight is 184 g/mol. The highest BCUT2D eigenvalue weighted by atomic mass is 32.2. The Kier molecular flexibility index (Phi) is 2.59. The molecule has 1 aliphatic heterocycles. The minimum Gasteiger partial charge on any atom is -0.310 e. The highest BCUT2D eigenvalue weighted by Gasteiger charge is 2.31. The van der Waals surface area contributed by atoms with Crippen molar-refractivity contribution >= 4 is 17.5 Å². The van der Waals surface area contributed by atoms with Crippen molar-refractivity contribution < 1.29 is 0 Å². The summed E-state index contributed by atoms with van der Waals surface area (Å²) >= 11 is 1.99. The van der Waals surface area contributed by atoms with Gasteiger partial charge in [-0.15, -0.1) is 0 Å². The topological polar surface area (TPSA) is 24.4 Å². The number of nitrogens with zero attached hydrogens (tertiary/aromatic N) is 1. The highest BCUT2D eigenvalue weighted by Crippen LogP contribution is 2.36. The van der Waals surface area contributed by atoms with E-state index in [-0.39, 0.29) is 0 Å². The molecule has 2 unspecified atom stereocenters. The lowest BCUT2D eigenvalue weighted by molar-refractivity contribution is 0.637. The number of hydrogen-bond acceptors (Lipinski definition) is 3. The number of hydrazone groups is 1. The van der Waals surface area contributed by atoms with E-state index in [9.17, 15) is 0 Å². The van der Waals surface area contributed by atoms with Gasteiger partial charge in [0.05, 0.1) is 0 Å². The molecule has 0 radical (unpaired) electrons. The van der Waals surface area contributed by atoms with E-state index >= 15 is 0 Å². The highest BCUT2D eigenvalue weighted by molar-refractivity contribution is 8.00. The maximum absolute atomic E-state index is 4.38. The van der Waals surface area contributed by atoms with E-state index in [1.54, 1.807) is 0 Å². The zero-order valence-electron chi connectivity index (χ0n) is 7.55. The first-order valence-corrected chi connectivity index (χ1v) is 5.88. The van der Waals surface area contributed by atoms with Crippen molar-refractivity contribution in [2.45, 2.75) is 19.8 Å². The molecular formula is C9H16N2S. The first-order chi connectivity index (χ1) is 5.86. The van der Waals surface area contributed by atoms with Crippen LogP contribution in [0.1, 0.15) is 19.8 Å². The summed E-state index contributed by atoms with van der Waals surface area (Å²) < 4.78 is 0. The summed E-state index contributed by atoms with van der Waals surface area (Å²) in [6.07, 6.45) is 2.59. The van der Waals surface area contributed by atoms with Crippen LogP contribution < -0.4 is 5.43 Å². The van der Waals surface area contributed by atoms with E-state index in [0.717, 1.165) is 24.1 Å². The molecule has 2 rings (SSSR count). The van der Waals surface area contributed by atoms with Gasteiger partial charge in [0.1, 0.15) is 0 Å². The van der Waals surface area contributed by atoms with Crippen molar-refractivity contribution in [1.29, 1.82) is 0 Å². The number of nitrogens with one attached hydrogen (secondary N) is 1. The standard InChI is InChI=1S/C9H16N2S/c1-7-4-8(7)5-10-11-9-2-3-12-6-9/h7-8,10H,2-6H2,1H3/b11-9-. The second-order valence-corrected chi connectivity index (χ2v) is 4.92. The third-order valence-electron chi connectivity index (χ3n) is 2.67. The van der Waals surface area contributed by atoms with Crippen molar-refractivity contribution in [2.75, 3.05) is 18.1 Å². The third kappa shape index (κ3) is 2.16. The largest absolute Gasteiger partial charge is 0.310 e. The van der Waals surface area contributed by atoms with Crippen molar-refractivity contribution in [3.05, 3.63) is 0 Å². The van der Waals surface area contributed by atoms with Gasteiger partial charge in [0, 0.05) is 18.0 Å². The first-order valence-electron chi connectivity index (χ1n) is 4.72. The van der Waals surface area contributed by atoms with Crippen LogP contribution in [0.3, 0.4) is 0 Å². The first kappa shape index (κ1) is 8.42. The summed E-state index contributed by atoms with van der Waals surface area (Å²) in [7, 11) is 0. The summed E-state index contributed by atoms with van der Waals surface area (Å²) in [5.41, 5.74) is 4.55. The van der Waals surface area contributed by atoms with E-state index in [2.05, 4.69) is 17.5 Å². The molecule has 1 saturated heterocycles. The van der Waals surface area contributed by atoms with Crippen LogP contribution in [0.2, 0.25) is 0 Å². The van der Waals surface area contributed by atoms with Gasteiger partial charge in [-0.1, -0.05) is 6.92 Å². The Morgan fingerprint density at radius 3 is 3.08 bits per heavy atom. The summed E-state index contributed by atoms with van der Waals surface area (Å²) in [6.45, 7) is 3.40. The molecule has 68 valence electrons. The van der Waals surface area contributed by atoms with E-state index in [1.807, 2.05) is 11.8 Å². The molecular weight excluding hydrogens is 168 g/mol. The van der Waals surface area contributed by atoms with Gasteiger partial charge in [0.15, 0.2) is 0 Å². The molecule has 0 spiro atoms. The van der Waals surface area contributed by atoms with Gasteiger partial charge in [-0.05, 0) is 30.4 Å². The van der Waals surface area contributed by atoms with Crippen LogP contribution in [-0.4, -0.2) is 23.8 Å². The maximum atomic E-state index is 4.38. The van der Waals surface area contributed by atoms with Crippen LogP contribution in [0.15, 0.2) is 5.10 Å². The summed E-state index contributed by atoms with van der Waals surface area (Å²) in [5.74, 6) is 4.26. The molecule has 2 fully saturated rings. The lowest BCUT2D eigenvalue weighted by atomic mass is 10.3.